The van der Waals surface area contributed by atoms with Crippen LogP contribution in [0.25, 0.3) is 10.9 Å². The van der Waals surface area contributed by atoms with Crippen molar-refractivity contribution >= 4 is 16.8 Å². The van der Waals surface area contributed by atoms with Gasteiger partial charge in [0.15, 0.2) is 0 Å². The smallest absolute Gasteiger partial charge is 0.226 e. The van der Waals surface area contributed by atoms with Gasteiger partial charge in [-0.3, -0.25) is 4.79 Å². The van der Waals surface area contributed by atoms with Crippen LogP contribution in [0.15, 0.2) is 48.5 Å². The lowest BCUT2D eigenvalue weighted by Crippen LogP contribution is -2.35. The molecule has 0 fully saturated rings. The van der Waals surface area contributed by atoms with Gasteiger partial charge in [-0.25, -0.2) is 0 Å². The molecular formula is C22H24N2O2. The van der Waals surface area contributed by atoms with E-state index in [0.717, 1.165) is 36.1 Å². The van der Waals surface area contributed by atoms with Gasteiger partial charge in [-0.15, -0.1) is 0 Å². The normalized spacial score (nSPS) is 16.3. The van der Waals surface area contributed by atoms with E-state index in [1.165, 1.54) is 16.6 Å². The molecule has 4 nitrogen and oxygen atoms in total. The second-order valence-electron chi connectivity index (χ2n) is 7.11. The number of hydrogen-bond acceptors (Lipinski definition) is 2. The van der Waals surface area contributed by atoms with E-state index in [-0.39, 0.29) is 11.8 Å². The van der Waals surface area contributed by atoms with Gasteiger partial charge in [-0.2, -0.15) is 0 Å². The number of fused-ring (bicyclic) bond motifs is 3. The van der Waals surface area contributed by atoms with E-state index in [1.807, 2.05) is 36.2 Å². The zero-order chi connectivity index (χ0) is 18.1. The summed E-state index contributed by atoms with van der Waals surface area (Å²) in [5.41, 5.74) is 4.83. The number of ether oxygens (including phenoxy) is 1. The lowest BCUT2D eigenvalue weighted by molar-refractivity contribution is -0.135. The molecule has 1 unspecified atom stereocenters. The molecule has 4 heteroatoms. The van der Waals surface area contributed by atoms with Gasteiger partial charge >= 0.3 is 0 Å². The number of aromatic amines is 1. The number of nitrogens with zero attached hydrogens (tertiary/aromatic N) is 1. The van der Waals surface area contributed by atoms with Crippen LogP contribution < -0.4 is 4.74 Å². The summed E-state index contributed by atoms with van der Waals surface area (Å²) in [6.45, 7) is 0.657. The molecule has 1 N–H and O–H groups in total. The molecule has 134 valence electrons. The summed E-state index contributed by atoms with van der Waals surface area (Å²) in [6, 6.07) is 16.3. The molecule has 0 radical (unpaired) electrons. The molecule has 1 aliphatic rings. The monoisotopic (exact) mass is 348 g/mol. The molecule has 1 atom stereocenters. The maximum atomic E-state index is 13.0. The van der Waals surface area contributed by atoms with Gasteiger partial charge in [-0.05, 0) is 48.6 Å². The largest absolute Gasteiger partial charge is 0.497 e. The number of amides is 1. The number of H-pyrrole nitrogens is 1. The van der Waals surface area contributed by atoms with Gasteiger partial charge in [0.2, 0.25) is 5.91 Å². The topological polar surface area (TPSA) is 45.3 Å². The van der Waals surface area contributed by atoms with Gasteiger partial charge in [0, 0.05) is 36.1 Å². The standard InChI is InChI=1S/C22H24N2O2/c1-24(14-15-6-4-3-5-7-15)22(25)16-8-10-20-18(12-16)19-13-17(26-2)9-11-21(19)23-20/h3-7,9,11,13,16,23H,8,10,12,14H2,1-2H3. The minimum atomic E-state index is 0.0430. The van der Waals surface area contributed by atoms with Crippen LogP contribution >= 0.6 is 0 Å². The van der Waals surface area contributed by atoms with Crippen molar-refractivity contribution in [3.8, 4) is 5.75 Å². The van der Waals surface area contributed by atoms with E-state index in [9.17, 15) is 4.79 Å². The number of hydrogen-bond donors (Lipinski definition) is 1. The molecule has 0 spiro atoms. The van der Waals surface area contributed by atoms with Gasteiger partial charge in [0.25, 0.3) is 0 Å². The maximum Gasteiger partial charge on any atom is 0.226 e. The van der Waals surface area contributed by atoms with Crippen LogP contribution in [0.4, 0.5) is 0 Å². The molecule has 0 saturated heterocycles. The summed E-state index contributed by atoms with van der Waals surface area (Å²) in [4.78, 5) is 18.4. The Morgan fingerprint density at radius 2 is 2.04 bits per heavy atom. The van der Waals surface area contributed by atoms with E-state index in [4.69, 9.17) is 4.74 Å². The number of aromatic nitrogens is 1. The molecular weight excluding hydrogens is 324 g/mol. The molecule has 0 aliphatic heterocycles. The Labute approximate surface area is 153 Å². The highest BCUT2D eigenvalue weighted by Gasteiger charge is 2.29. The Bertz CT molecular complexity index is 930. The fraction of sp³-hybridized carbons (Fsp3) is 0.318. The quantitative estimate of drug-likeness (QED) is 0.776. The van der Waals surface area contributed by atoms with E-state index >= 15 is 0 Å². The van der Waals surface area contributed by atoms with Gasteiger partial charge in [0.1, 0.15) is 5.75 Å². The third-order valence-electron chi connectivity index (χ3n) is 5.38. The summed E-state index contributed by atoms with van der Waals surface area (Å²) < 4.78 is 5.37. The predicted molar refractivity (Wildman–Crippen MR) is 103 cm³/mol. The molecule has 3 aromatic rings. The Hall–Kier alpha value is -2.75. The Kier molecular flexibility index (Phi) is 4.41. The summed E-state index contributed by atoms with van der Waals surface area (Å²) in [6.07, 6.45) is 2.61. The highest BCUT2D eigenvalue weighted by molar-refractivity contribution is 5.88. The van der Waals surface area contributed by atoms with Crippen molar-refractivity contribution < 1.29 is 9.53 Å². The minimum Gasteiger partial charge on any atom is -0.497 e. The van der Waals surface area contributed by atoms with Crippen LogP contribution in [-0.2, 0) is 24.2 Å². The van der Waals surface area contributed by atoms with Gasteiger partial charge in [-0.1, -0.05) is 30.3 Å². The number of methoxy groups -OCH3 is 1. The number of aryl methyl sites for hydroxylation is 1. The Balaban J connectivity index is 1.54. The van der Waals surface area contributed by atoms with Crippen molar-refractivity contribution in [2.75, 3.05) is 14.2 Å². The van der Waals surface area contributed by atoms with E-state index in [2.05, 4.69) is 29.2 Å². The van der Waals surface area contributed by atoms with Gasteiger partial charge < -0.3 is 14.6 Å². The molecule has 1 aromatic heterocycles. The van der Waals surface area contributed by atoms with Crippen LogP contribution in [-0.4, -0.2) is 29.9 Å². The Morgan fingerprint density at radius 1 is 1.23 bits per heavy atom. The summed E-state index contributed by atoms with van der Waals surface area (Å²) >= 11 is 0. The number of benzene rings is 2. The van der Waals surface area contributed by atoms with Crippen molar-refractivity contribution in [2.45, 2.75) is 25.8 Å². The summed E-state index contributed by atoms with van der Waals surface area (Å²) in [5.74, 6) is 1.13. The van der Waals surface area contributed by atoms with E-state index in [1.54, 1.807) is 7.11 Å². The van der Waals surface area contributed by atoms with Crippen LogP contribution in [0.3, 0.4) is 0 Å². The zero-order valence-electron chi connectivity index (χ0n) is 15.3. The molecule has 0 bridgehead atoms. The highest BCUT2D eigenvalue weighted by atomic mass is 16.5. The lowest BCUT2D eigenvalue weighted by Gasteiger charge is -2.27. The lowest BCUT2D eigenvalue weighted by atomic mass is 9.85. The Morgan fingerprint density at radius 3 is 2.81 bits per heavy atom. The summed E-state index contributed by atoms with van der Waals surface area (Å²) in [5, 5.41) is 1.18. The number of nitrogens with one attached hydrogen (secondary N) is 1. The average molecular weight is 348 g/mol. The fourth-order valence-electron chi connectivity index (χ4n) is 3.98. The van der Waals surface area contributed by atoms with Crippen molar-refractivity contribution in [2.24, 2.45) is 5.92 Å². The number of carbonyl (C=O) groups excluding carboxylic acids is 1. The van der Waals surface area contributed by atoms with Crippen LogP contribution in [0, 0.1) is 5.92 Å². The first-order chi connectivity index (χ1) is 12.7. The minimum absolute atomic E-state index is 0.0430. The van der Waals surface area contributed by atoms with Crippen LogP contribution in [0.2, 0.25) is 0 Å². The third kappa shape index (κ3) is 3.07. The molecule has 0 saturated carbocycles. The van der Waals surface area contributed by atoms with Crippen LogP contribution in [0.5, 0.6) is 5.75 Å². The predicted octanol–water partition coefficient (Wildman–Crippen LogP) is 3.94. The summed E-state index contributed by atoms with van der Waals surface area (Å²) in [7, 11) is 3.59. The molecule has 1 aliphatic carbocycles. The third-order valence-corrected chi connectivity index (χ3v) is 5.38. The average Bonchev–Trinajstić information content (AvgIpc) is 3.05. The van der Waals surface area contributed by atoms with Crippen LogP contribution in [0.1, 0.15) is 23.2 Å². The fourth-order valence-corrected chi connectivity index (χ4v) is 3.98. The molecule has 1 amide bonds. The van der Waals surface area contributed by atoms with Crippen molar-refractivity contribution in [1.29, 1.82) is 0 Å². The first kappa shape index (κ1) is 16.7. The number of carbonyl (C=O) groups is 1. The van der Waals surface area contributed by atoms with E-state index < -0.39 is 0 Å². The first-order valence-electron chi connectivity index (χ1n) is 9.12. The SMILES string of the molecule is COc1ccc2[nH]c3c(c2c1)CC(C(=O)N(C)Cc1ccccc1)CC3. The zero-order valence-corrected chi connectivity index (χ0v) is 15.3. The maximum absolute atomic E-state index is 13.0. The highest BCUT2D eigenvalue weighted by Crippen LogP contribution is 2.34. The van der Waals surface area contributed by atoms with Gasteiger partial charge in [0.05, 0.1) is 7.11 Å². The molecule has 26 heavy (non-hydrogen) atoms. The molecule has 4 rings (SSSR count). The van der Waals surface area contributed by atoms with Crippen molar-refractivity contribution in [3.63, 3.8) is 0 Å². The van der Waals surface area contributed by atoms with Crippen molar-refractivity contribution in [1.82, 2.24) is 9.88 Å². The molecule has 1 heterocycles. The second kappa shape index (κ2) is 6.87. The number of rotatable bonds is 4. The van der Waals surface area contributed by atoms with Crippen molar-refractivity contribution in [3.05, 3.63) is 65.4 Å². The van der Waals surface area contributed by atoms with E-state index in [0.29, 0.717) is 6.54 Å². The second-order valence-corrected chi connectivity index (χ2v) is 7.11. The molecule has 2 aromatic carbocycles. The first-order valence-corrected chi connectivity index (χ1v) is 9.12.